The van der Waals surface area contributed by atoms with Gasteiger partial charge in [-0.3, -0.25) is 19.3 Å². The summed E-state index contributed by atoms with van der Waals surface area (Å²) in [6.07, 6.45) is 2.98. The number of piperazine rings is 1. The molecule has 0 aliphatic carbocycles. The molecule has 2 fully saturated rings. The Bertz CT molecular complexity index is 1190. The van der Waals surface area contributed by atoms with E-state index in [1.807, 2.05) is 47.4 Å². The quantitative estimate of drug-likeness (QED) is 0.614. The highest BCUT2D eigenvalue weighted by atomic mass is 16.3. The average Bonchev–Trinajstić information content (AvgIpc) is 3.44. The lowest BCUT2D eigenvalue weighted by Gasteiger charge is -2.38. The molecule has 2 aliphatic rings. The second kappa shape index (κ2) is 10.3. The summed E-state index contributed by atoms with van der Waals surface area (Å²) in [6.45, 7) is 3.86. The lowest BCUT2D eigenvalue weighted by Crippen LogP contribution is -2.53. The topological polar surface area (TPSA) is 86.1 Å². The van der Waals surface area contributed by atoms with Crippen LogP contribution >= 0.6 is 0 Å². The van der Waals surface area contributed by atoms with Crippen LogP contribution in [-0.4, -0.2) is 78.2 Å². The molecule has 182 valence electrons. The Kier molecular flexibility index (Phi) is 6.81. The SMILES string of the molecule is O=C(CN1CCC(C(=O)N2CCN(C(=O)c3ccco3)CC2)CC1)Nc1cccc2ccccc12. The fraction of sp³-hybridized carbons (Fsp3) is 0.370. The molecule has 8 nitrogen and oxygen atoms in total. The fourth-order valence-corrected chi connectivity index (χ4v) is 5.01. The van der Waals surface area contributed by atoms with E-state index in [1.54, 1.807) is 17.0 Å². The summed E-state index contributed by atoms with van der Waals surface area (Å²) in [5, 5.41) is 5.17. The number of carbonyl (C=O) groups excluding carboxylic acids is 3. The number of benzene rings is 2. The van der Waals surface area contributed by atoms with E-state index in [0.717, 1.165) is 42.4 Å². The number of hydrogen-bond donors (Lipinski definition) is 1. The van der Waals surface area contributed by atoms with Crippen LogP contribution in [0.2, 0.25) is 0 Å². The summed E-state index contributed by atoms with van der Waals surface area (Å²) in [6, 6.07) is 17.3. The number of nitrogens with zero attached hydrogens (tertiary/aromatic N) is 3. The zero-order valence-corrected chi connectivity index (χ0v) is 19.7. The van der Waals surface area contributed by atoms with Crippen molar-refractivity contribution in [3.63, 3.8) is 0 Å². The molecular weight excluding hydrogens is 444 g/mol. The largest absolute Gasteiger partial charge is 0.459 e. The first kappa shape index (κ1) is 23.1. The molecule has 2 saturated heterocycles. The molecule has 2 aromatic carbocycles. The number of piperidine rings is 1. The van der Waals surface area contributed by atoms with Gasteiger partial charge >= 0.3 is 0 Å². The van der Waals surface area contributed by atoms with E-state index in [4.69, 9.17) is 4.42 Å². The van der Waals surface area contributed by atoms with E-state index in [-0.39, 0.29) is 23.6 Å². The van der Waals surface area contributed by atoms with Crippen LogP contribution < -0.4 is 5.32 Å². The standard InChI is InChI=1S/C27H30N4O4/c32-25(28-23-8-3-6-20-5-1-2-7-22(20)23)19-29-12-10-21(11-13-29)26(33)30-14-16-31(17-15-30)27(34)24-9-4-18-35-24/h1-9,18,21H,10-17,19H2,(H,28,32). The van der Waals surface area contributed by atoms with Crippen LogP contribution in [0.5, 0.6) is 0 Å². The van der Waals surface area contributed by atoms with E-state index in [1.165, 1.54) is 6.26 Å². The van der Waals surface area contributed by atoms with Crippen LogP contribution in [0.3, 0.4) is 0 Å². The summed E-state index contributed by atoms with van der Waals surface area (Å²) in [5.74, 6) is 0.303. The number of hydrogen-bond acceptors (Lipinski definition) is 5. The van der Waals surface area contributed by atoms with E-state index in [9.17, 15) is 14.4 Å². The van der Waals surface area contributed by atoms with Gasteiger partial charge in [0, 0.05) is 43.2 Å². The second-order valence-electron chi connectivity index (χ2n) is 9.22. The molecule has 2 aliphatic heterocycles. The maximum absolute atomic E-state index is 13.1. The normalized spacial score (nSPS) is 17.5. The van der Waals surface area contributed by atoms with Crippen LogP contribution in [-0.2, 0) is 9.59 Å². The van der Waals surface area contributed by atoms with Crippen molar-refractivity contribution < 1.29 is 18.8 Å². The lowest BCUT2D eigenvalue weighted by atomic mass is 9.95. The van der Waals surface area contributed by atoms with Crippen molar-refractivity contribution in [1.82, 2.24) is 14.7 Å². The molecule has 8 heteroatoms. The van der Waals surface area contributed by atoms with E-state index >= 15 is 0 Å². The van der Waals surface area contributed by atoms with Crippen LogP contribution in [0.1, 0.15) is 23.4 Å². The first-order valence-corrected chi connectivity index (χ1v) is 12.2. The molecule has 3 amide bonds. The Labute approximate surface area is 204 Å². The molecule has 0 bridgehead atoms. The van der Waals surface area contributed by atoms with Gasteiger partial charge in [0.15, 0.2) is 5.76 Å². The van der Waals surface area contributed by atoms with Gasteiger partial charge in [-0.15, -0.1) is 0 Å². The predicted octanol–water partition coefficient (Wildman–Crippen LogP) is 3.07. The molecule has 1 aromatic heterocycles. The highest BCUT2D eigenvalue weighted by Gasteiger charge is 2.32. The maximum Gasteiger partial charge on any atom is 0.289 e. The van der Waals surface area contributed by atoms with Crippen molar-refractivity contribution in [1.29, 1.82) is 0 Å². The molecule has 0 saturated carbocycles. The number of likely N-dealkylation sites (tertiary alicyclic amines) is 1. The smallest absolute Gasteiger partial charge is 0.289 e. The van der Waals surface area contributed by atoms with Gasteiger partial charge in [0.1, 0.15) is 0 Å². The Morgan fingerprint density at radius 1 is 0.829 bits per heavy atom. The molecule has 0 radical (unpaired) electrons. The van der Waals surface area contributed by atoms with Gasteiger partial charge in [0.25, 0.3) is 5.91 Å². The lowest BCUT2D eigenvalue weighted by molar-refractivity contribution is -0.138. The van der Waals surface area contributed by atoms with Gasteiger partial charge in [-0.1, -0.05) is 36.4 Å². The number of nitrogens with one attached hydrogen (secondary N) is 1. The van der Waals surface area contributed by atoms with Crippen molar-refractivity contribution in [2.24, 2.45) is 5.92 Å². The Hall–Kier alpha value is -3.65. The minimum atomic E-state index is -0.128. The summed E-state index contributed by atoms with van der Waals surface area (Å²) in [7, 11) is 0. The zero-order valence-electron chi connectivity index (χ0n) is 19.7. The Morgan fingerprint density at radius 2 is 1.54 bits per heavy atom. The minimum Gasteiger partial charge on any atom is -0.459 e. The number of anilines is 1. The number of amides is 3. The summed E-state index contributed by atoms with van der Waals surface area (Å²) in [5.41, 5.74) is 0.822. The third kappa shape index (κ3) is 5.22. The van der Waals surface area contributed by atoms with Gasteiger partial charge in [0.05, 0.1) is 12.8 Å². The maximum atomic E-state index is 13.1. The Morgan fingerprint density at radius 3 is 2.29 bits per heavy atom. The summed E-state index contributed by atoms with van der Waals surface area (Å²) in [4.78, 5) is 43.9. The van der Waals surface area contributed by atoms with Gasteiger partial charge in [0.2, 0.25) is 11.8 Å². The molecular formula is C27H30N4O4. The fourth-order valence-electron chi connectivity index (χ4n) is 5.01. The molecule has 35 heavy (non-hydrogen) atoms. The van der Waals surface area contributed by atoms with Crippen molar-refractivity contribution in [3.05, 3.63) is 66.6 Å². The first-order valence-electron chi connectivity index (χ1n) is 12.2. The van der Waals surface area contributed by atoms with Crippen LogP contribution in [0.4, 0.5) is 5.69 Å². The third-order valence-electron chi connectivity index (χ3n) is 6.98. The first-order chi connectivity index (χ1) is 17.1. The number of rotatable bonds is 5. The van der Waals surface area contributed by atoms with Crippen molar-refractivity contribution in [2.75, 3.05) is 51.1 Å². The number of furan rings is 1. The van der Waals surface area contributed by atoms with Gasteiger partial charge in [-0.25, -0.2) is 0 Å². The molecule has 0 unspecified atom stereocenters. The van der Waals surface area contributed by atoms with Gasteiger partial charge in [-0.2, -0.15) is 0 Å². The van der Waals surface area contributed by atoms with Crippen LogP contribution in [0, 0.1) is 5.92 Å². The summed E-state index contributed by atoms with van der Waals surface area (Å²) >= 11 is 0. The number of fused-ring (bicyclic) bond motifs is 1. The average molecular weight is 475 g/mol. The number of carbonyl (C=O) groups is 3. The molecule has 0 atom stereocenters. The van der Waals surface area contributed by atoms with Crippen molar-refractivity contribution in [3.8, 4) is 0 Å². The summed E-state index contributed by atoms with van der Waals surface area (Å²) < 4.78 is 5.20. The second-order valence-corrected chi connectivity index (χ2v) is 9.22. The van der Waals surface area contributed by atoms with Crippen molar-refractivity contribution >= 4 is 34.2 Å². The predicted molar refractivity (Wildman–Crippen MR) is 133 cm³/mol. The zero-order chi connectivity index (χ0) is 24.2. The van der Waals surface area contributed by atoms with E-state index in [0.29, 0.717) is 38.5 Å². The minimum absolute atomic E-state index is 0.0281. The van der Waals surface area contributed by atoms with Crippen LogP contribution in [0.15, 0.2) is 65.3 Å². The highest BCUT2D eigenvalue weighted by molar-refractivity contribution is 6.02. The molecule has 0 spiro atoms. The van der Waals surface area contributed by atoms with E-state index in [2.05, 4.69) is 10.2 Å². The van der Waals surface area contributed by atoms with Crippen LogP contribution in [0.25, 0.3) is 10.8 Å². The molecule has 5 rings (SSSR count). The molecule has 3 heterocycles. The van der Waals surface area contributed by atoms with Crippen molar-refractivity contribution in [2.45, 2.75) is 12.8 Å². The highest BCUT2D eigenvalue weighted by Crippen LogP contribution is 2.24. The molecule has 3 aromatic rings. The van der Waals surface area contributed by atoms with Gasteiger partial charge in [-0.05, 0) is 49.5 Å². The van der Waals surface area contributed by atoms with Gasteiger partial charge < -0.3 is 19.5 Å². The molecule has 1 N–H and O–H groups in total. The monoisotopic (exact) mass is 474 g/mol. The Balaban J connectivity index is 1.07. The third-order valence-corrected chi connectivity index (χ3v) is 6.98. The van der Waals surface area contributed by atoms with E-state index < -0.39 is 0 Å².